The third kappa shape index (κ3) is 1.46. The third-order valence-corrected chi connectivity index (χ3v) is 4.14. The highest BCUT2D eigenvalue weighted by Gasteiger charge is 2.50. The molecule has 3 heterocycles. The smallest absolute Gasteiger partial charge is 0.112 e. The summed E-state index contributed by atoms with van der Waals surface area (Å²) in [4.78, 5) is 0. The molecule has 90 valence electrons. The van der Waals surface area contributed by atoms with Crippen molar-refractivity contribution in [1.29, 1.82) is 0 Å². The molecule has 3 aliphatic heterocycles. The van der Waals surface area contributed by atoms with E-state index in [-0.39, 0.29) is 24.4 Å². The Balaban J connectivity index is 1.85. The molecule has 0 spiro atoms. The molecular weight excluding hydrogens is 216 g/mol. The van der Waals surface area contributed by atoms with E-state index < -0.39 is 0 Å². The molecule has 4 rings (SSSR count). The number of aryl methyl sites for hydroxylation is 1. The first kappa shape index (κ1) is 10.1. The van der Waals surface area contributed by atoms with Crippen molar-refractivity contribution in [2.24, 2.45) is 0 Å². The van der Waals surface area contributed by atoms with Crippen LogP contribution in [0.4, 0.5) is 0 Å². The molecule has 0 bridgehead atoms. The van der Waals surface area contributed by atoms with Crippen LogP contribution < -0.4 is 0 Å². The zero-order valence-electron chi connectivity index (χ0n) is 10.1. The minimum absolute atomic E-state index is 0.229. The van der Waals surface area contributed by atoms with Crippen LogP contribution >= 0.6 is 0 Å². The second-order valence-electron chi connectivity index (χ2n) is 5.24. The van der Waals surface area contributed by atoms with E-state index in [4.69, 9.17) is 14.2 Å². The molecule has 4 atom stereocenters. The van der Waals surface area contributed by atoms with Crippen molar-refractivity contribution in [1.82, 2.24) is 0 Å². The Morgan fingerprint density at radius 2 is 1.71 bits per heavy atom. The molecule has 0 aliphatic carbocycles. The summed E-state index contributed by atoms with van der Waals surface area (Å²) in [7, 11) is 0. The Morgan fingerprint density at radius 1 is 1.00 bits per heavy atom. The van der Waals surface area contributed by atoms with E-state index in [1.807, 2.05) is 0 Å². The van der Waals surface area contributed by atoms with Gasteiger partial charge in [0.05, 0.1) is 13.2 Å². The van der Waals surface area contributed by atoms with E-state index in [9.17, 15) is 0 Å². The number of hydrogen-bond donors (Lipinski definition) is 0. The first-order valence-electron chi connectivity index (χ1n) is 6.24. The van der Waals surface area contributed by atoms with Gasteiger partial charge >= 0.3 is 0 Å². The molecule has 3 nitrogen and oxygen atoms in total. The van der Waals surface area contributed by atoms with Crippen molar-refractivity contribution in [3.8, 4) is 0 Å². The van der Waals surface area contributed by atoms with Crippen molar-refractivity contribution < 1.29 is 14.2 Å². The second-order valence-corrected chi connectivity index (χ2v) is 5.24. The molecular formula is C14H16O3. The molecule has 3 aliphatic rings. The third-order valence-electron chi connectivity index (χ3n) is 4.14. The Labute approximate surface area is 101 Å². The summed E-state index contributed by atoms with van der Waals surface area (Å²) < 4.78 is 17.1. The molecule has 2 saturated heterocycles. The van der Waals surface area contributed by atoms with Crippen LogP contribution in [0.3, 0.4) is 0 Å². The summed E-state index contributed by atoms with van der Waals surface area (Å²) >= 11 is 0. The van der Waals surface area contributed by atoms with Crippen LogP contribution in [-0.2, 0) is 14.2 Å². The van der Waals surface area contributed by atoms with Gasteiger partial charge in [0.1, 0.15) is 24.4 Å². The number of hydrogen-bond acceptors (Lipinski definition) is 3. The molecule has 0 aromatic heterocycles. The lowest BCUT2D eigenvalue weighted by molar-refractivity contribution is 0.102. The van der Waals surface area contributed by atoms with Gasteiger partial charge in [0.15, 0.2) is 0 Å². The standard InChI is InChI=1S/C14H16O3/c1-7-3-4-9-12(8(7)2)14-11(17-14)6-15-5-10-13(9)16-10/h3-4,10-11,13-14H,5-6H2,1-2H3. The van der Waals surface area contributed by atoms with Crippen LogP contribution in [0.15, 0.2) is 12.1 Å². The van der Waals surface area contributed by atoms with Gasteiger partial charge < -0.3 is 14.2 Å². The van der Waals surface area contributed by atoms with Crippen LogP contribution in [0.25, 0.3) is 0 Å². The summed E-state index contributed by atoms with van der Waals surface area (Å²) in [6.07, 6.45) is 0.972. The molecule has 17 heavy (non-hydrogen) atoms. The molecule has 1 aromatic rings. The second kappa shape index (κ2) is 3.31. The Hall–Kier alpha value is -0.900. The number of epoxide rings is 2. The van der Waals surface area contributed by atoms with Crippen LogP contribution in [0.5, 0.6) is 0 Å². The van der Waals surface area contributed by atoms with Gasteiger partial charge in [-0.25, -0.2) is 0 Å². The van der Waals surface area contributed by atoms with Gasteiger partial charge in [-0.2, -0.15) is 0 Å². The minimum Gasteiger partial charge on any atom is -0.376 e. The number of benzene rings is 1. The normalized spacial score (nSPS) is 38.0. The molecule has 0 amide bonds. The average Bonchev–Trinajstić information content (AvgIpc) is 3.19. The quantitative estimate of drug-likeness (QED) is 0.643. The lowest BCUT2D eigenvalue weighted by atomic mass is 9.92. The molecule has 0 N–H and O–H groups in total. The highest BCUT2D eigenvalue weighted by atomic mass is 16.6. The molecule has 4 unspecified atom stereocenters. The van der Waals surface area contributed by atoms with Gasteiger partial charge in [-0.05, 0) is 36.1 Å². The average molecular weight is 232 g/mol. The first-order chi connectivity index (χ1) is 8.25. The van der Waals surface area contributed by atoms with Crippen molar-refractivity contribution in [2.75, 3.05) is 13.2 Å². The number of fused-ring (bicyclic) bond motifs is 5. The first-order valence-corrected chi connectivity index (χ1v) is 6.24. The van der Waals surface area contributed by atoms with Gasteiger partial charge in [0, 0.05) is 0 Å². The molecule has 3 heteroatoms. The molecule has 0 radical (unpaired) electrons. The van der Waals surface area contributed by atoms with Gasteiger partial charge in [0.25, 0.3) is 0 Å². The number of ether oxygens (including phenoxy) is 3. The Morgan fingerprint density at radius 3 is 2.53 bits per heavy atom. The van der Waals surface area contributed by atoms with E-state index in [1.54, 1.807) is 0 Å². The fourth-order valence-electron chi connectivity index (χ4n) is 2.85. The predicted molar refractivity (Wildman–Crippen MR) is 62.0 cm³/mol. The van der Waals surface area contributed by atoms with E-state index in [0.717, 1.165) is 0 Å². The fourth-order valence-corrected chi connectivity index (χ4v) is 2.85. The maximum atomic E-state index is 5.74. The zero-order chi connectivity index (χ0) is 11.6. The summed E-state index contributed by atoms with van der Waals surface area (Å²) in [5, 5.41) is 0. The van der Waals surface area contributed by atoms with Gasteiger partial charge in [0.2, 0.25) is 0 Å². The Kier molecular flexibility index (Phi) is 1.96. The van der Waals surface area contributed by atoms with E-state index >= 15 is 0 Å². The lowest BCUT2D eigenvalue weighted by Crippen LogP contribution is -2.06. The van der Waals surface area contributed by atoms with Crippen LogP contribution in [0.1, 0.15) is 34.5 Å². The topological polar surface area (TPSA) is 34.3 Å². The van der Waals surface area contributed by atoms with Crippen molar-refractivity contribution >= 4 is 0 Å². The fraction of sp³-hybridized carbons (Fsp3) is 0.571. The highest BCUT2D eigenvalue weighted by Crippen LogP contribution is 2.50. The van der Waals surface area contributed by atoms with E-state index in [2.05, 4.69) is 26.0 Å². The van der Waals surface area contributed by atoms with E-state index in [1.165, 1.54) is 22.3 Å². The van der Waals surface area contributed by atoms with Crippen molar-refractivity contribution in [2.45, 2.75) is 38.3 Å². The van der Waals surface area contributed by atoms with Crippen LogP contribution in [0.2, 0.25) is 0 Å². The summed E-state index contributed by atoms with van der Waals surface area (Å²) in [5.41, 5.74) is 5.35. The van der Waals surface area contributed by atoms with Crippen molar-refractivity contribution in [3.05, 3.63) is 34.4 Å². The van der Waals surface area contributed by atoms with Crippen LogP contribution in [-0.4, -0.2) is 25.4 Å². The molecule has 1 aromatic carbocycles. The highest BCUT2D eigenvalue weighted by molar-refractivity contribution is 5.46. The summed E-state index contributed by atoms with van der Waals surface area (Å²) in [6, 6.07) is 4.38. The largest absolute Gasteiger partial charge is 0.376 e. The predicted octanol–water partition coefficient (Wildman–Crippen LogP) is 2.21. The molecule has 0 saturated carbocycles. The summed E-state index contributed by atoms with van der Waals surface area (Å²) in [5.74, 6) is 0. The summed E-state index contributed by atoms with van der Waals surface area (Å²) in [6.45, 7) is 5.73. The maximum absolute atomic E-state index is 5.74. The lowest BCUT2D eigenvalue weighted by Gasteiger charge is -2.11. The minimum atomic E-state index is 0.229. The van der Waals surface area contributed by atoms with Crippen LogP contribution in [0, 0.1) is 13.8 Å². The number of rotatable bonds is 0. The zero-order valence-corrected chi connectivity index (χ0v) is 10.1. The van der Waals surface area contributed by atoms with Gasteiger partial charge in [-0.1, -0.05) is 12.1 Å². The monoisotopic (exact) mass is 232 g/mol. The Bertz CT molecular complexity index is 483. The molecule has 2 fully saturated rings. The van der Waals surface area contributed by atoms with Gasteiger partial charge in [-0.15, -0.1) is 0 Å². The SMILES string of the molecule is Cc1ccc2c(c1C)C1OC1COCC1OC21. The van der Waals surface area contributed by atoms with E-state index in [0.29, 0.717) is 13.2 Å². The van der Waals surface area contributed by atoms with Crippen molar-refractivity contribution in [3.63, 3.8) is 0 Å². The van der Waals surface area contributed by atoms with Gasteiger partial charge in [-0.3, -0.25) is 0 Å². The maximum Gasteiger partial charge on any atom is 0.112 e.